The Morgan fingerprint density at radius 1 is 1.57 bits per heavy atom. The largest absolute Gasteiger partial charge is 0.624 e. The highest BCUT2D eigenvalue weighted by molar-refractivity contribution is 5.77. The molecule has 1 aromatic carbocycles. The van der Waals surface area contributed by atoms with Crippen molar-refractivity contribution in [1.29, 1.82) is 0 Å². The number of aromatic hydroxyl groups is 1. The van der Waals surface area contributed by atoms with Crippen molar-refractivity contribution in [2.75, 3.05) is 13.7 Å². The van der Waals surface area contributed by atoms with Crippen LogP contribution < -0.4 is 4.74 Å². The van der Waals surface area contributed by atoms with Gasteiger partial charge in [0.2, 0.25) is 0 Å². The lowest BCUT2D eigenvalue weighted by Crippen LogP contribution is -1.98. The molecule has 0 saturated heterocycles. The summed E-state index contributed by atoms with van der Waals surface area (Å²) < 4.78 is 5.86. The average molecular weight is 195 g/mol. The highest BCUT2D eigenvalue weighted by Gasteiger charge is 2.03. The molecule has 0 heterocycles. The molecule has 0 aliphatic rings. The topological polar surface area (TPSA) is 55.5 Å². The van der Waals surface area contributed by atoms with Gasteiger partial charge >= 0.3 is 0 Å². The van der Waals surface area contributed by atoms with E-state index in [0.29, 0.717) is 22.7 Å². The molecule has 0 radical (unpaired) electrons. The molecule has 1 N–H and O–H groups in total. The Kier molecular flexibility index (Phi) is 3.34. The van der Waals surface area contributed by atoms with Crippen molar-refractivity contribution >= 4 is 6.21 Å². The van der Waals surface area contributed by atoms with E-state index in [9.17, 15) is 10.3 Å². The molecular weight excluding hydrogens is 182 g/mol. The number of phenols is 1. The van der Waals surface area contributed by atoms with E-state index < -0.39 is 0 Å². The zero-order chi connectivity index (χ0) is 10.6. The lowest BCUT2D eigenvalue weighted by molar-refractivity contribution is -0.416. The SMILES string of the molecule is CCOc1cc(C=[N+](C)[O-])ccc1O. The third-order valence-corrected chi connectivity index (χ3v) is 1.61. The molecule has 0 unspecified atom stereocenters. The van der Waals surface area contributed by atoms with Crippen LogP contribution in [0.5, 0.6) is 11.5 Å². The second-order valence-corrected chi connectivity index (χ2v) is 2.84. The predicted octanol–water partition coefficient (Wildman–Crippen LogP) is 1.35. The molecular formula is C10H13NO3. The van der Waals surface area contributed by atoms with E-state index in [0.717, 1.165) is 0 Å². The highest BCUT2D eigenvalue weighted by Crippen LogP contribution is 2.25. The van der Waals surface area contributed by atoms with Gasteiger partial charge in [-0.2, -0.15) is 0 Å². The summed E-state index contributed by atoms with van der Waals surface area (Å²) in [6, 6.07) is 4.76. The maximum absolute atomic E-state index is 10.7. The minimum Gasteiger partial charge on any atom is -0.624 e. The van der Waals surface area contributed by atoms with Gasteiger partial charge in [0, 0.05) is 5.56 Å². The second kappa shape index (κ2) is 4.50. The molecule has 0 bridgehead atoms. The Balaban J connectivity index is 3.00. The zero-order valence-corrected chi connectivity index (χ0v) is 8.23. The molecule has 0 amide bonds. The first kappa shape index (κ1) is 10.4. The van der Waals surface area contributed by atoms with Gasteiger partial charge in [0.15, 0.2) is 17.7 Å². The van der Waals surface area contributed by atoms with Gasteiger partial charge in [-0.3, -0.25) is 0 Å². The third-order valence-electron chi connectivity index (χ3n) is 1.61. The van der Waals surface area contributed by atoms with E-state index in [1.807, 2.05) is 6.92 Å². The molecule has 76 valence electrons. The van der Waals surface area contributed by atoms with E-state index in [-0.39, 0.29) is 5.75 Å². The summed E-state index contributed by atoms with van der Waals surface area (Å²) in [7, 11) is 1.40. The number of hydrogen-bond donors (Lipinski definition) is 1. The van der Waals surface area contributed by atoms with E-state index in [4.69, 9.17) is 4.74 Å². The maximum atomic E-state index is 10.7. The van der Waals surface area contributed by atoms with Crippen LogP contribution in [0.3, 0.4) is 0 Å². The zero-order valence-electron chi connectivity index (χ0n) is 8.23. The number of nitrogens with zero attached hydrogens (tertiary/aromatic N) is 1. The number of hydrogen-bond acceptors (Lipinski definition) is 3. The second-order valence-electron chi connectivity index (χ2n) is 2.84. The van der Waals surface area contributed by atoms with Crippen molar-refractivity contribution in [2.45, 2.75) is 6.92 Å². The fourth-order valence-electron chi connectivity index (χ4n) is 1.09. The highest BCUT2D eigenvalue weighted by atomic mass is 16.5. The van der Waals surface area contributed by atoms with Gasteiger partial charge in [0.25, 0.3) is 0 Å². The quantitative estimate of drug-likeness (QED) is 0.343. The van der Waals surface area contributed by atoms with Gasteiger partial charge < -0.3 is 15.1 Å². The fourth-order valence-corrected chi connectivity index (χ4v) is 1.09. The van der Waals surface area contributed by atoms with Gasteiger partial charge in [0.05, 0.1) is 6.61 Å². The first-order valence-corrected chi connectivity index (χ1v) is 4.34. The van der Waals surface area contributed by atoms with Gasteiger partial charge in [-0.15, -0.1) is 0 Å². The molecule has 0 aliphatic carbocycles. The van der Waals surface area contributed by atoms with Crippen LogP contribution in [0, 0.1) is 5.21 Å². The summed E-state index contributed by atoms with van der Waals surface area (Å²) >= 11 is 0. The van der Waals surface area contributed by atoms with Crippen LogP contribution in [0.4, 0.5) is 0 Å². The average Bonchev–Trinajstić information content (AvgIpc) is 2.10. The molecule has 0 aliphatic heterocycles. The molecule has 0 atom stereocenters. The monoisotopic (exact) mass is 195 g/mol. The Hall–Kier alpha value is -1.71. The summed E-state index contributed by atoms with van der Waals surface area (Å²) in [5.74, 6) is 0.473. The van der Waals surface area contributed by atoms with E-state index in [1.165, 1.54) is 19.3 Å². The van der Waals surface area contributed by atoms with Crippen LogP contribution in [0.2, 0.25) is 0 Å². The minimum absolute atomic E-state index is 0.0811. The lowest BCUT2D eigenvalue weighted by Gasteiger charge is -2.05. The molecule has 1 rings (SSSR count). The Morgan fingerprint density at radius 2 is 2.29 bits per heavy atom. The van der Waals surface area contributed by atoms with Crippen LogP contribution in [0.25, 0.3) is 0 Å². The van der Waals surface area contributed by atoms with Crippen molar-refractivity contribution < 1.29 is 14.6 Å². The Labute approximate surface area is 82.7 Å². The van der Waals surface area contributed by atoms with E-state index >= 15 is 0 Å². The van der Waals surface area contributed by atoms with Gasteiger partial charge in [-0.05, 0) is 25.1 Å². The number of phenolic OH excluding ortho intramolecular Hbond substituents is 1. The van der Waals surface area contributed by atoms with Crippen molar-refractivity contribution in [2.24, 2.45) is 0 Å². The normalized spacial score (nSPS) is 11.4. The smallest absolute Gasteiger partial charge is 0.181 e. The van der Waals surface area contributed by atoms with Crippen LogP contribution >= 0.6 is 0 Å². The van der Waals surface area contributed by atoms with Gasteiger partial charge in [-0.25, -0.2) is 4.74 Å². The third kappa shape index (κ3) is 2.65. The van der Waals surface area contributed by atoms with Crippen molar-refractivity contribution in [3.63, 3.8) is 0 Å². The predicted molar refractivity (Wildman–Crippen MR) is 54.0 cm³/mol. The summed E-state index contributed by atoms with van der Waals surface area (Å²) in [4.78, 5) is 0. The first-order valence-electron chi connectivity index (χ1n) is 4.34. The molecule has 4 nitrogen and oxygen atoms in total. The number of rotatable bonds is 3. The molecule has 14 heavy (non-hydrogen) atoms. The summed E-state index contributed by atoms with van der Waals surface area (Å²) in [5, 5.41) is 20.1. The molecule has 0 aromatic heterocycles. The van der Waals surface area contributed by atoms with Gasteiger partial charge in [0.1, 0.15) is 7.05 Å². The number of hydroxylamine groups is 1. The summed E-state index contributed by atoms with van der Waals surface area (Å²) in [6.45, 7) is 2.31. The summed E-state index contributed by atoms with van der Waals surface area (Å²) in [5.41, 5.74) is 0.698. The van der Waals surface area contributed by atoms with Crippen LogP contribution in [-0.2, 0) is 0 Å². The lowest BCUT2D eigenvalue weighted by atomic mass is 10.2. The Morgan fingerprint density at radius 3 is 2.86 bits per heavy atom. The molecule has 0 spiro atoms. The van der Waals surface area contributed by atoms with Crippen molar-refractivity contribution in [3.05, 3.63) is 29.0 Å². The molecule has 1 aromatic rings. The van der Waals surface area contributed by atoms with E-state index in [2.05, 4.69) is 0 Å². The van der Waals surface area contributed by atoms with Crippen LogP contribution in [0.15, 0.2) is 18.2 Å². The van der Waals surface area contributed by atoms with Gasteiger partial charge in [-0.1, -0.05) is 0 Å². The molecule has 0 fully saturated rings. The first-order chi connectivity index (χ1) is 6.63. The number of ether oxygens (including phenoxy) is 1. The van der Waals surface area contributed by atoms with Crippen molar-refractivity contribution in [1.82, 2.24) is 0 Å². The number of benzene rings is 1. The minimum atomic E-state index is 0.0811. The maximum Gasteiger partial charge on any atom is 0.181 e. The fraction of sp³-hybridized carbons (Fsp3) is 0.300. The van der Waals surface area contributed by atoms with Crippen molar-refractivity contribution in [3.8, 4) is 11.5 Å². The van der Waals surface area contributed by atoms with Crippen LogP contribution in [0.1, 0.15) is 12.5 Å². The molecule has 0 saturated carbocycles. The summed E-state index contributed by atoms with van der Waals surface area (Å²) in [6.07, 6.45) is 1.40. The van der Waals surface area contributed by atoms with E-state index in [1.54, 1.807) is 12.1 Å². The molecule has 4 heteroatoms. The van der Waals surface area contributed by atoms with Crippen LogP contribution in [-0.4, -0.2) is 29.7 Å². The Bertz CT molecular complexity index is 343. The standard InChI is InChI=1S/C10H13NO3/c1-3-14-10-6-8(7-11(2)13)4-5-9(10)12/h4-7,12H,3H2,1-2H3.